The highest BCUT2D eigenvalue weighted by Crippen LogP contribution is 2.23. The van der Waals surface area contributed by atoms with Crippen molar-refractivity contribution in [3.8, 4) is 0 Å². The van der Waals surface area contributed by atoms with Crippen molar-refractivity contribution in [1.29, 1.82) is 0 Å². The molecule has 0 radical (unpaired) electrons. The van der Waals surface area contributed by atoms with E-state index >= 15 is 0 Å². The zero-order valence-electron chi connectivity index (χ0n) is 11.8. The summed E-state index contributed by atoms with van der Waals surface area (Å²) in [6.45, 7) is 0. The minimum absolute atomic E-state index is 0.317. The largest absolute Gasteiger partial charge is 0.350 e. The molecular weight excluding hydrogens is 335 g/mol. The number of amides is 1. The Kier molecular flexibility index (Phi) is 4.50. The molecule has 0 aliphatic carbocycles. The Hall–Kier alpha value is -2.50. The minimum Gasteiger partial charge on any atom is -0.350 e. The van der Waals surface area contributed by atoms with Gasteiger partial charge in [0.15, 0.2) is 0 Å². The van der Waals surface area contributed by atoms with Crippen LogP contribution in [0.25, 0.3) is 10.9 Å². The molecule has 0 saturated heterocycles. The second kappa shape index (κ2) is 6.73. The van der Waals surface area contributed by atoms with Crippen LogP contribution in [-0.2, 0) is 0 Å². The molecule has 0 fully saturated rings. The van der Waals surface area contributed by atoms with E-state index in [1.165, 1.54) is 6.34 Å². The van der Waals surface area contributed by atoms with Crippen LogP contribution in [0.2, 0.25) is 10.0 Å². The van der Waals surface area contributed by atoms with Crippen LogP contribution in [0, 0.1) is 0 Å². The number of para-hydroxylation sites is 1. The van der Waals surface area contributed by atoms with Crippen LogP contribution in [0.1, 0.15) is 10.5 Å². The average molecular weight is 347 g/mol. The molecule has 3 N–H and O–H groups in total. The number of nitrogens with zero attached hydrogens (tertiary/aromatic N) is 1. The third-order valence-corrected chi connectivity index (χ3v) is 3.69. The molecule has 0 unspecified atom stereocenters. The molecule has 23 heavy (non-hydrogen) atoms. The standard InChI is InChI=1S/C16H12Cl2N4O/c17-11-5-6-13-10(7-11)8-15(21-13)16(23)22-20-9-19-14-4-2-1-3-12(14)18/h1-9,21H,(H,19,20)(H,22,23). The van der Waals surface area contributed by atoms with Crippen molar-refractivity contribution >= 4 is 52.0 Å². The van der Waals surface area contributed by atoms with Crippen LogP contribution < -0.4 is 10.9 Å². The highest BCUT2D eigenvalue weighted by molar-refractivity contribution is 6.33. The van der Waals surface area contributed by atoms with Gasteiger partial charge in [0.1, 0.15) is 12.0 Å². The van der Waals surface area contributed by atoms with Crippen molar-refractivity contribution < 1.29 is 4.79 Å². The minimum atomic E-state index is -0.317. The Morgan fingerprint density at radius 3 is 2.78 bits per heavy atom. The fourth-order valence-electron chi connectivity index (χ4n) is 2.05. The lowest BCUT2D eigenvalue weighted by Gasteiger charge is -2.02. The number of aromatic amines is 1. The molecule has 0 aliphatic rings. The lowest BCUT2D eigenvalue weighted by Crippen LogP contribution is -2.36. The van der Waals surface area contributed by atoms with Gasteiger partial charge in [-0.3, -0.25) is 15.6 Å². The summed E-state index contributed by atoms with van der Waals surface area (Å²) in [4.78, 5) is 19.2. The molecule has 0 aliphatic heterocycles. The lowest BCUT2D eigenvalue weighted by atomic mass is 10.2. The summed E-state index contributed by atoms with van der Waals surface area (Å²) in [5, 5.41) is 2.02. The van der Waals surface area contributed by atoms with Gasteiger partial charge in [-0.05, 0) is 36.4 Å². The van der Waals surface area contributed by atoms with Gasteiger partial charge >= 0.3 is 0 Å². The Balaban J connectivity index is 1.63. The molecule has 116 valence electrons. The number of fused-ring (bicyclic) bond motifs is 1. The van der Waals surface area contributed by atoms with Crippen molar-refractivity contribution in [1.82, 2.24) is 15.8 Å². The van der Waals surface area contributed by atoms with E-state index in [2.05, 4.69) is 20.8 Å². The maximum atomic E-state index is 12.1. The van der Waals surface area contributed by atoms with E-state index in [1.807, 2.05) is 18.2 Å². The molecule has 7 heteroatoms. The summed E-state index contributed by atoms with van der Waals surface area (Å²) >= 11 is 11.9. The second-order valence-corrected chi connectivity index (χ2v) is 5.57. The first-order valence-electron chi connectivity index (χ1n) is 6.75. The smallest absolute Gasteiger partial charge is 0.286 e. The van der Waals surface area contributed by atoms with Gasteiger partial charge in [-0.15, -0.1) is 0 Å². The first-order valence-corrected chi connectivity index (χ1v) is 7.50. The fraction of sp³-hybridized carbons (Fsp3) is 0. The predicted molar refractivity (Wildman–Crippen MR) is 93.5 cm³/mol. The molecule has 3 aromatic rings. The molecule has 0 saturated carbocycles. The lowest BCUT2D eigenvalue weighted by molar-refractivity contribution is 0.0940. The van der Waals surface area contributed by atoms with E-state index in [0.29, 0.717) is 21.4 Å². The van der Waals surface area contributed by atoms with Gasteiger partial charge in [0.25, 0.3) is 5.91 Å². The predicted octanol–water partition coefficient (Wildman–Crippen LogP) is 4.07. The summed E-state index contributed by atoms with van der Waals surface area (Å²) in [7, 11) is 0. The number of hydrazine groups is 1. The van der Waals surface area contributed by atoms with Crippen molar-refractivity contribution in [2.45, 2.75) is 0 Å². The van der Waals surface area contributed by atoms with Gasteiger partial charge < -0.3 is 4.98 Å². The number of nitrogens with one attached hydrogen (secondary N) is 3. The molecule has 5 nitrogen and oxygen atoms in total. The number of benzene rings is 2. The molecule has 0 bridgehead atoms. The quantitative estimate of drug-likeness (QED) is 0.378. The van der Waals surface area contributed by atoms with E-state index in [0.717, 1.165) is 10.9 Å². The maximum absolute atomic E-state index is 12.1. The van der Waals surface area contributed by atoms with Crippen LogP contribution in [0.15, 0.2) is 53.5 Å². The van der Waals surface area contributed by atoms with Crippen LogP contribution in [0.4, 0.5) is 5.69 Å². The zero-order chi connectivity index (χ0) is 16.2. The average Bonchev–Trinajstić information content (AvgIpc) is 2.96. The second-order valence-electron chi connectivity index (χ2n) is 4.72. The third-order valence-electron chi connectivity index (χ3n) is 3.13. The number of carbonyl (C=O) groups is 1. The summed E-state index contributed by atoms with van der Waals surface area (Å²) in [5.41, 5.74) is 7.00. The Bertz CT molecular complexity index is 889. The molecule has 0 spiro atoms. The van der Waals surface area contributed by atoms with Crippen molar-refractivity contribution in [2.75, 3.05) is 0 Å². The highest BCUT2D eigenvalue weighted by atomic mass is 35.5. The molecule has 1 heterocycles. The number of carbonyl (C=O) groups excluding carboxylic acids is 1. The zero-order valence-corrected chi connectivity index (χ0v) is 13.3. The van der Waals surface area contributed by atoms with Crippen LogP contribution in [0.5, 0.6) is 0 Å². The van der Waals surface area contributed by atoms with E-state index in [4.69, 9.17) is 23.2 Å². The topological polar surface area (TPSA) is 69.3 Å². The number of H-pyrrole nitrogens is 1. The summed E-state index contributed by atoms with van der Waals surface area (Å²) in [5.74, 6) is -0.317. The number of hydrogen-bond acceptors (Lipinski definition) is 2. The first-order chi connectivity index (χ1) is 11.1. The normalized spacial score (nSPS) is 11.0. The van der Waals surface area contributed by atoms with Crippen molar-refractivity contribution in [3.63, 3.8) is 0 Å². The Labute approximate surface area is 142 Å². The third kappa shape index (κ3) is 3.64. The number of halogens is 2. The summed E-state index contributed by atoms with van der Waals surface area (Å²) in [6, 6.07) is 14.2. The maximum Gasteiger partial charge on any atom is 0.286 e. The van der Waals surface area contributed by atoms with Gasteiger partial charge in [-0.25, -0.2) is 4.99 Å². The van der Waals surface area contributed by atoms with Gasteiger partial charge in [-0.2, -0.15) is 0 Å². The molecule has 1 aromatic heterocycles. The van der Waals surface area contributed by atoms with E-state index in [1.54, 1.807) is 30.3 Å². The van der Waals surface area contributed by atoms with Crippen LogP contribution in [-0.4, -0.2) is 17.2 Å². The van der Waals surface area contributed by atoms with Crippen LogP contribution >= 0.6 is 23.2 Å². The molecule has 1 amide bonds. The molecule has 2 aromatic carbocycles. The van der Waals surface area contributed by atoms with Crippen LogP contribution in [0.3, 0.4) is 0 Å². The van der Waals surface area contributed by atoms with Gasteiger partial charge in [0.05, 0.1) is 10.7 Å². The van der Waals surface area contributed by atoms with Gasteiger partial charge in [0, 0.05) is 15.9 Å². The van der Waals surface area contributed by atoms with Gasteiger partial charge in [-0.1, -0.05) is 35.3 Å². The molecule has 3 rings (SSSR count). The Morgan fingerprint density at radius 2 is 1.96 bits per heavy atom. The molecule has 0 atom stereocenters. The van der Waals surface area contributed by atoms with E-state index in [-0.39, 0.29) is 5.91 Å². The first kappa shape index (κ1) is 15.4. The summed E-state index contributed by atoms with van der Waals surface area (Å²) < 4.78 is 0. The van der Waals surface area contributed by atoms with E-state index < -0.39 is 0 Å². The van der Waals surface area contributed by atoms with Gasteiger partial charge in [0.2, 0.25) is 0 Å². The number of hydrogen-bond donors (Lipinski definition) is 3. The Morgan fingerprint density at radius 1 is 1.13 bits per heavy atom. The SMILES string of the molecule is O=C(NNC=Nc1ccccc1Cl)c1cc2cc(Cl)ccc2[nH]1. The summed E-state index contributed by atoms with van der Waals surface area (Å²) in [6.07, 6.45) is 1.36. The monoisotopic (exact) mass is 346 g/mol. The number of aliphatic imine (C=N–C) groups is 1. The number of aromatic nitrogens is 1. The van der Waals surface area contributed by atoms with Crippen molar-refractivity contribution in [3.05, 3.63) is 64.3 Å². The molecular formula is C16H12Cl2N4O. The van der Waals surface area contributed by atoms with Crippen molar-refractivity contribution in [2.24, 2.45) is 4.99 Å². The fourth-order valence-corrected chi connectivity index (χ4v) is 2.41. The number of rotatable bonds is 4. The van der Waals surface area contributed by atoms with E-state index in [9.17, 15) is 4.79 Å². The highest BCUT2D eigenvalue weighted by Gasteiger charge is 2.08.